The van der Waals surface area contributed by atoms with Gasteiger partial charge < -0.3 is 0 Å². The van der Waals surface area contributed by atoms with Crippen molar-refractivity contribution in [2.75, 3.05) is 0 Å². The van der Waals surface area contributed by atoms with Gasteiger partial charge >= 0.3 is 0 Å². The highest BCUT2D eigenvalue weighted by atomic mass is 14.4. The second-order valence-electron chi connectivity index (χ2n) is 12.8. The molecule has 0 saturated heterocycles. The molecule has 0 heteroatoms. The van der Waals surface area contributed by atoms with Crippen molar-refractivity contribution in [3.8, 4) is 44.5 Å². The fourth-order valence-corrected chi connectivity index (χ4v) is 7.95. The van der Waals surface area contributed by atoms with Crippen molar-refractivity contribution < 1.29 is 0 Å². The average Bonchev–Trinajstić information content (AvgIpc) is 3.33. The topological polar surface area (TPSA) is 0 Å². The summed E-state index contributed by atoms with van der Waals surface area (Å²) in [5.74, 6) is 0. The molecule has 0 amide bonds. The zero-order valence-electron chi connectivity index (χ0n) is 25.5. The molecular formula is C45H32. The molecule has 0 aromatic heterocycles. The van der Waals surface area contributed by atoms with E-state index in [-0.39, 0.29) is 5.41 Å². The summed E-state index contributed by atoms with van der Waals surface area (Å²) in [5, 5.41) is 7.78. The van der Waals surface area contributed by atoms with Gasteiger partial charge in [-0.25, -0.2) is 0 Å². The first-order valence-corrected chi connectivity index (χ1v) is 15.9. The Kier molecular flexibility index (Phi) is 5.64. The molecule has 9 rings (SSSR count). The first-order chi connectivity index (χ1) is 22.1. The zero-order valence-corrected chi connectivity index (χ0v) is 25.5. The summed E-state index contributed by atoms with van der Waals surface area (Å²) < 4.78 is 0. The van der Waals surface area contributed by atoms with E-state index in [1.807, 2.05) is 0 Å². The third-order valence-corrected chi connectivity index (χ3v) is 10.1. The van der Waals surface area contributed by atoms with Crippen molar-refractivity contribution >= 4 is 32.3 Å². The number of benzene rings is 8. The lowest BCUT2D eigenvalue weighted by Crippen LogP contribution is -2.15. The van der Waals surface area contributed by atoms with Crippen molar-refractivity contribution in [2.24, 2.45) is 0 Å². The molecule has 0 heterocycles. The molecule has 0 radical (unpaired) electrons. The Morgan fingerprint density at radius 1 is 0.311 bits per heavy atom. The Hall–Kier alpha value is -5.46. The van der Waals surface area contributed by atoms with Crippen molar-refractivity contribution in [1.82, 2.24) is 0 Å². The van der Waals surface area contributed by atoms with Gasteiger partial charge in [-0.15, -0.1) is 0 Å². The van der Waals surface area contributed by atoms with Gasteiger partial charge in [-0.05, 0) is 94.0 Å². The Balaban J connectivity index is 1.36. The molecule has 0 saturated carbocycles. The predicted molar refractivity (Wildman–Crippen MR) is 193 cm³/mol. The fourth-order valence-electron chi connectivity index (χ4n) is 7.95. The lowest BCUT2D eigenvalue weighted by molar-refractivity contribution is 0.661. The Labute approximate surface area is 264 Å². The highest BCUT2D eigenvalue weighted by molar-refractivity contribution is 6.24. The van der Waals surface area contributed by atoms with Crippen molar-refractivity contribution in [1.29, 1.82) is 0 Å². The summed E-state index contributed by atoms with van der Waals surface area (Å²) in [6, 6.07) is 58.3. The Morgan fingerprint density at radius 2 is 0.756 bits per heavy atom. The monoisotopic (exact) mass is 572 g/mol. The van der Waals surface area contributed by atoms with Crippen LogP contribution in [0.5, 0.6) is 0 Å². The van der Waals surface area contributed by atoms with Crippen LogP contribution in [0.15, 0.2) is 158 Å². The lowest BCUT2D eigenvalue weighted by atomic mass is 9.79. The molecular weight excluding hydrogens is 540 g/mol. The van der Waals surface area contributed by atoms with E-state index in [1.54, 1.807) is 0 Å². The third kappa shape index (κ3) is 3.79. The molecule has 0 aliphatic heterocycles. The summed E-state index contributed by atoms with van der Waals surface area (Å²) in [5.41, 5.74) is 13.1. The van der Waals surface area contributed by atoms with Crippen LogP contribution >= 0.6 is 0 Å². The summed E-state index contributed by atoms with van der Waals surface area (Å²) in [4.78, 5) is 0. The summed E-state index contributed by atoms with van der Waals surface area (Å²) in [6.07, 6.45) is 0. The number of hydrogen-bond acceptors (Lipinski definition) is 0. The van der Waals surface area contributed by atoms with Crippen molar-refractivity contribution in [3.05, 3.63) is 169 Å². The molecule has 0 nitrogen and oxygen atoms in total. The molecule has 0 atom stereocenters. The van der Waals surface area contributed by atoms with Crippen LogP contribution in [-0.4, -0.2) is 0 Å². The summed E-state index contributed by atoms with van der Waals surface area (Å²) >= 11 is 0. The van der Waals surface area contributed by atoms with Crippen LogP contribution in [0.2, 0.25) is 0 Å². The van der Waals surface area contributed by atoms with Gasteiger partial charge in [0.1, 0.15) is 0 Å². The maximum Gasteiger partial charge on any atom is 0.0159 e. The van der Waals surface area contributed by atoms with Crippen molar-refractivity contribution in [2.45, 2.75) is 19.3 Å². The quantitative estimate of drug-likeness (QED) is 0.185. The second kappa shape index (κ2) is 9.78. The Bertz CT molecular complexity index is 2370. The van der Waals surface area contributed by atoms with Crippen LogP contribution in [0.25, 0.3) is 76.8 Å². The number of hydrogen-bond donors (Lipinski definition) is 0. The first kappa shape index (κ1) is 26.0. The van der Waals surface area contributed by atoms with Crippen molar-refractivity contribution in [3.63, 3.8) is 0 Å². The third-order valence-electron chi connectivity index (χ3n) is 10.1. The molecule has 0 fully saturated rings. The van der Waals surface area contributed by atoms with Crippen LogP contribution in [0.4, 0.5) is 0 Å². The molecule has 0 unspecified atom stereocenters. The van der Waals surface area contributed by atoms with Crippen LogP contribution in [0, 0.1) is 0 Å². The SMILES string of the molecule is CC1(C)c2ccccc2-c2c1cc(-c1c3ccccc3c(-c3ccc(-c4ccccc4)cc3)c3ccccc13)c1ccccc21. The molecule has 212 valence electrons. The highest BCUT2D eigenvalue weighted by Gasteiger charge is 2.37. The molecule has 0 N–H and O–H groups in total. The molecule has 0 spiro atoms. The normalized spacial score (nSPS) is 13.3. The minimum absolute atomic E-state index is 0.0866. The summed E-state index contributed by atoms with van der Waals surface area (Å²) in [6.45, 7) is 4.77. The zero-order chi connectivity index (χ0) is 30.1. The van der Waals surface area contributed by atoms with Gasteiger partial charge in [-0.1, -0.05) is 166 Å². The molecule has 1 aliphatic rings. The van der Waals surface area contributed by atoms with E-state index >= 15 is 0 Å². The van der Waals surface area contributed by atoms with E-state index in [4.69, 9.17) is 0 Å². The van der Waals surface area contributed by atoms with Crippen LogP contribution in [0.3, 0.4) is 0 Å². The van der Waals surface area contributed by atoms with E-state index in [0.717, 1.165) is 0 Å². The van der Waals surface area contributed by atoms with Crippen LogP contribution < -0.4 is 0 Å². The average molecular weight is 573 g/mol. The van der Waals surface area contributed by atoms with E-state index in [0.29, 0.717) is 0 Å². The van der Waals surface area contributed by atoms with Gasteiger partial charge in [0.25, 0.3) is 0 Å². The second-order valence-corrected chi connectivity index (χ2v) is 12.8. The number of fused-ring (bicyclic) bond motifs is 7. The number of rotatable bonds is 3. The van der Waals surface area contributed by atoms with Gasteiger partial charge in [-0.3, -0.25) is 0 Å². The first-order valence-electron chi connectivity index (χ1n) is 15.9. The minimum atomic E-state index is -0.0866. The van der Waals surface area contributed by atoms with Crippen LogP contribution in [-0.2, 0) is 5.41 Å². The molecule has 1 aliphatic carbocycles. The van der Waals surface area contributed by atoms with E-state index < -0.39 is 0 Å². The molecule has 8 aromatic carbocycles. The molecule has 45 heavy (non-hydrogen) atoms. The van der Waals surface area contributed by atoms with E-state index in [2.05, 4.69) is 172 Å². The highest BCUT2D eigenvalue weighted by Crippen LogP contribution is 2.54. The van der Waals surface area contributed by atoms with Crippen LogP contribution in [0.1, 0.15) is 25.0 Å². The van der Waals surface area contributed by atoms with Gasteiger partial charge in [0.05, 0.1) is 0 Å². The van der Waals surface area contributed by atoms with Gasteiger partial charge in [0.2, 0.25) is 0 Å². The van der Waals surface area contributed by atoms with E-state index in [9.17, 15) is 0 Å². The van der Waals surface area contributed by atoms with Gasteiger partial charge in [-0.2, -0.15) is 0 Å². The van der Waals surface area contributed by atoms with E-state index in [1.165, 1.54) is 88.0 Å². The fraction of sp³-hybridized carbons (Fsp3) is 0.0667. The maximum absolute atomic E-state index is 2.51. The lowest BCUT2D eigenvalue weighted by Gasteiger charge is -2.24. The standard InChI is InChI=1S/C45H32/c1-45(2)40-23-13-12-22-38(40)44-33-17-7-6-16-32(33)39(28-41(44)45)43-36-20-10-8-18-34(36)42(35-19-9-11-21-37(35)43)31-26-24-30(25-27-31)29-14-4-3-5-15-29/h3-28H,1-2H3. The summed E-state index contributed by atoms with van der Waals surface area (Å²) in [7, 11) is 0. The predicted octanol–water partition coefficient (Wildman–Crippen LogP) is 12.5. The minimum Gasteiger partial charge on any atom is -0.0622 e. The largest absolute Gasteiger partial charge is 0.0622 e. The van der Waals surface area contributed by atoms with Gasteiger partial charge in [0, 0.05) is 5.41 Å². The maximum atomic E-state index is 2.51. The molecule has 0 bridgehead atoms. The smallest absolute Gasteiger partial charge is 0.0159 e. The Morgan fingerprint density at radius 3 is 1.38 bits per heavy atom. The molecule has 8 aromatic rings. The van der Waals surface area contributed by atoms with Gasteiger partial charge in [0.15, 0.2) is 0 Å².